The van der Waals surface area contributed by atoms with E-state index in [1.54, 1.807) is 0 Å². The Hall–Kier alpha value is -2.25. The summed E-state index contributed by atoms with van der Waals surface area (Å²) < 4.78 is 5.37. The average molecular weight is 423 g/mol. The summed E-state index contributed by atoms with van der Waals surface area (Å²) in [7, 11) is 0. The minimum Gasteiger partial charge on any atom is -0.379 e. The van der Waals surface area contributed by atoms with E-state index in [-0.39, 0.29) is 11.9 Å². The Kier molecular flexibility index (Phi) is 8.07. The third-order valence-corrected chi connectivity index (χ3v) is 6.22. The lowest BCUT2D eigenvalue weighted by molar-refractivity contribution is -0.122. The molecule has 31 heavy (non-hydrogen) atoms. The van der Waals surface area contributed by atoms with E-state index in [2.05, 4.69) is 80.7 Å². The van der Waals surface area contributed by atoms with Crippen molar-refractivity contribution in [3.05, 3.63) is 71.8 Å². The molecule has 0 atom stereocenters. The van der Waals surface area contributed by atoms with E-state index in [9.17, 15) is 4.79 Å². The number of nitrogens with zero attached hydrogens (tertiary/aromatic N) is 3. The molecule has 2 fully saturated rings. The first-order chi connectivity index (χ1) is 15.3. The molecule has 0 aromatic heterocycles. The summed E-state index contributed by atoms with van der Waals surface area (Å²) >= 11 is 0. The second-order valence-electron chi connectivity index (χ2n) is 8.34. The summed E-state index contributed by atoms with van der Waals surface area (Å²) in [5, 5.41) is 3.09. The van der Waals surface area contributed by atoms with Crippen LogP contribution in [0.25, 0.3) is 0 Å². The van der Waals surface area contributed by atoms with E-state index < -0.39 is 0 Å². The molecule has 1 amide bonds. The molecule has 2 aromatic rings. The van der Waals surface area contributed by atoms with Crippen LogP contribution < -0.4 is 5.32 Å². The van der Waals surface area contributed by atoms with E-state index in [1.165, 1.54) is 11.1 Å². The van der Waals surface area contributed by atoms with Crippen LogP contribution in [-0.4, -0.2) is 92.7 Å². The number of piperazine rings is 1. The van der Waals surface area contributed by atoms with Gasteiger partial charge in [-0.05, 0) is 11.1 Å². The molecule has 166 valence electrons. The van der Waals surface area contributed by atoms with Crippen molar-refractivity contribution in [3.8, 4) is 0 Å². The van der Waals surface area contributed by atoms with Crippen molar-refractivity contribution in [2.45, 2.75) is 6.04 Å². The van der Waals surface area contributed by atoms with Crippen molar-refractivity contribution in [2.24, 2.45) is 0 Å². The Morgan fingerprint density at radius 2 is 1.39 bits per heavy atom. The van der Waals surface area contributed by atoms with Crippen LogP contribution >= 0.6 is 0 Å². The van der Waals surface area contributed by atoms with Crippen LogP contribution in [0.3, 0.4) is 0 Å². The third-order valence-electron chi connectivity index (χ3n) is 6.22. The molecule has 0 bridgehead atoms. The molecule has 0 saturated carbocycles. The van der Waals surface area contributed by atoms with Gasteiger partial charge in [0.1, 0.15) is 0 Å². The summed E-state index contributed by atoms with van der Waals surface area (Å²) in [4.78, 5) is 19.6. The third kappa shape index (κ3) is 6.37. The number of carbonyl (C=O) groups is 1. The van der Waals surface area contributed by atoms with Gasteiger partial charge in [0, 0.05) is 52.4 Å². The van der Waals surface area contributed by atoms with Crippen molar-refractivity contribution in [1.29, 1.82) is 0 Å². The van der Waals surface area contributed by atoms with Gasteiger partial charge in [0.2, 0.25) is 5.91 Å². The summed E-state index contributed by atoms with van der Waals surface area (Å²) in [5.74, 6) is 0.129. The number of morpholine rings is 1. The standard InChI is InChI=1S/C25H34N4O2/c30-24(26-11-12-27-17-19-31-20-18-27)21-28-13-15-29(16-14-28)25(22-7-3-1-4-8-22)23-9-5-2-6-10-23/h1-10,25H,11-21H2,(H,26,30). The van der Waals surface area contributed by atoms with Gasteiger partial charge < -0.3 is 10.1 Å². The number of hydrogen-bond donors (Lipinski definition) is 1. The van der Waals surface area contributed by atoms with E-state index >= 15 is 0 Å². The highest BCUT2D eigenvalue weighted by Crippen LogP contribution is 2.29. The predicted octanol–water partition coefficient (Wildman–Crippen LogP) is 1.84. The molecule has 6 nitrogen and oxygen atoms in total. The average Bonchev–Trinajstić information content (AvgIpc) is 2.82. The van der Waals surface area contributed by atoms with Crippen LogP contribution in [0.1, 0.15) is 17.2 Å². The van der Waals surface area contributed by atoms with Crippen LogP contribution in [-0.2, 0) is 9.53 Å². The van der Waals surface area contributed by atoms with E-state index in [1.807, 2.05) is 0 Å². The number of carbonyl (C=O) groups excluding carboxylic acids is 1. The molecule has 4 rings (SSSR count). The first-order valence-corrected chi connectivity index (χ1v) is 11.4. The van der Waals surface area contributed by atoms with Crippen LogP contribution in [0, 0.1) is 0 Å². The molecule has 2 aromatic carbocycles. The number of benzene rings is 2. The fourth-order valence-corrected chi connectivity index (χ4v) is 4.50. The predicted molar refractivity (Wildman–Crippen MR) is 123 cm³/mol. The van der Waals surface area contributed by atoms with Gasteiger partial charge in [0.25, 0.3) is 0 Å². The van der Waals surface area contributed by atoms with Gasteiger partial charge in [-0.2, -0.15) is 0 Å². The Morgan fingerprint density at radius 3 is 1.97 bits per heavy atom. The molecule has 1 N–H and O–H groups in total. The number of ether oxygens (including phenoxy) is 1. The largest absolute Gasteiger partial charge is 0.379 e. The highest BCUT2D eigenvalue weighted by molar-refractivity contribution is 5.78. The number of hydrogen-bond acceptors (Lipinski definition) is 5. The van der Waals surface area contributed by atoms with Crippen molar-refractivity contribution >= 4 is 5.91 Å². The molecule has 2 aliphatic rings. The highest BCUT2D eigenvalue weighted by Gasteiger charge is 2.27. The molecule has 0 aliphatic carbocycles. The fourth-order valence-electron chi connectivity index (χ4n) is 4.50. The van der Waals surface area contributed by atoms with E-state index in [0.717, 1.165) is 59.0 Å². The van der Waals surface area contributed by atoms with Crippen LogP contribution in [0.4, 0.5) is 0 Å². The fraction of sp³-hybridized carbons (Fsp3) is 0.480. The topological polar surface area (TPSA) is 48.1 Å². The molecule has 2 saturated heterocycles. The van der Waals surface area contributed by atoms with Gasteiger partial charge in [0.15, 0.2) is 0 Å². The minimum atomic E-state index is 0.129. The van der Waals surface area contributed by atoms with E-state index in [0.29, 0.717) is 13.1 Å². The lowest BCUT2D eigenvalue weighted by Crippen LogP contribution is -2.51. The number of rotatable bonds is 8. The quantitative estimate of drug-likeness (QED) is 0.704. The Bertz CT molecular complexity index is 748. The zero-order chi connectivity index (χ0) is 21.3. The lowest BCUT2D eigenvalue weighted by atomic mass is 9.96. The first kappa shape index (κ1) is 22.0. The highest BCUT2D eigenvalue weighted by atomic mass is 16.5. The molecule has 2 aliphatic heterocycles. The summed E-state index contributed by atoms with van der Waals surface area (Å²) in [5.41, 5.74) is 2.64. The molecular weight excluding hydrogens is 388 g/mol. The molecule has 0 spiro atoms. The van der Waals surface area contributed by atoms with Gasteiger partial charge in [-0.15, -0.1) is 0 Å². The molecule has 6 heteroatoms. The van der Waals surface area contributed by atoms with E-state index in [4.69, 9.17) is 4.74 Å². The normalized spacial score (nSPS) is 18.9. The Morgan fingerprint density at radius 1 is 0.806 bits per heavy atom. The van der Waals surface area contributed by atoms with Crippen LogP contribution in [0.5, 0.6) is 0 Å². The smallest absolute Gasteiger partial charge is 0.234 e. The van der Waals surface area contributed by atoms with Crippen molar-refractivity contribution in [3.63, 3.8) is 0 Å². The van der Waals surface area contributed by atoms with Gasteiger partial charge in [0.05, 0.1) is 25.8 Å². The first-order valence-electron chi connectivity index (χ1n) is 11.4. The maximum atomic E-state index is 12.4. The summed E-state index contributed by atoms with van der Waals surface area (Å²) in [6.07, 6.45) is 0. The molecule has 0 unspecified atom stereocenters. The summed E-state index contributed by atoms with van der Waals surface area (Å²) in [6, 6.07) is 21.7. The molecular formula is C25H34N4O2. The molecule has 0 radical (unpaired) electrons. The van der Waals surface area contributed by atoms with Crippen molar-refractivity contribution < 1.29 is 9.53 Å². The van der Waals surface area contributed by atoms with Crippen molar-refractivity contribution in [1.82, 2.24) is 20.0 Å². The van der Waals surface area contributed by atoms with Crippen LogP contribution in [0.15, 0.2) is 60.7 Å². The van der Waals surface area contributed by atoms with Gasteiger partial charge in [-0.1, -0.05) is 60.7 Å². The Labute approximate surface area is 185 Å². The zero-order valence-electron chi connectivity index (χ0n) is 18.3. The molecule has 2 heterocycles. The maximum Gasteiger partial charge on any atom is 0.234 e. The monoisotopic (exact) mass is 422 g/mol. The SMILES string of the molecule is O=C(CN1CCN(C(c2ccccc2)c2ccccc2)CC1)NCCN1CCOCC1. The number of nitrogens with one attached hydrogen (secondary N) is 1. The van der Waals surface area contributed by atoms with Crippen molar-refractivity contribution in [2.75, 3.05) is 72.1 Å². The second kappa shape index (κ2) is 11.4. The minimum absolute atomic E-state index is 0.129. The second-order valence-corrected chi connectivity index (χ2v) is 8.34. The van der Waals surface area contributed by atoms with Crippen LogP contribution in [0.2, 0.25) is 0 Å². The number of amides is 1. The zero-order valence-corrected chi connectivity index (χ0v) is 18.3. The maximum absolute atomic E-state index is 12.4. The van der Waals surface area contributed by atoms with Gasteiger partial charge >= 0.3 is 0 Å². The lowest BCUT2D eigenvalue weighted by Gasteiger charge is -2.39. The Balaban J connectivity index is 1.26. The van der Waals surface area contributed by atoms with Gasteiger partial charge in [-0.3, -0.25) is 19.5 Å². The summed E-state index contributed by atoms with van der Waals surface area (Å²) in [6.45, 7) is 9.34. The van der Waals surface area contributed by atoms with Gasteiger partial charge in [-0.25, -0.2) is 0 Å².